The monoisotopic (exact) mass is 448 g/mol. The van der Waals surface area contributed by atoms with Gasteiger partial charge in [0.1, 0.15) is 24.2 Å². The van der Waals surface area contributed by atoms with Crippen LogP contribution in [-0.4, -0.2) is 87.0 Å². The molecule has 9 N–H and O–H groups in total. The summed E-state index contributed by atoms with van der Waals surface area (Å²) in [6.45, 7) is 3.98. The van der Waals surface area contributed by atoms with Gasteiger partial charge in [0.15, 0.2) is 0 Å². The molecule has 0 radical (unpaired) electrons. The van der Waals surface area contributed by atoms with Crippen molar-refractivity contribution in [2.75, 3.05) is 6.61 Å². The highest BCUT2D eigenvalue weighted by Gasteiger charge is 2.31. The standard InChI is InChI=1S/C18H32N4O9/c1-8(2)6-11(21-17(29)14(19)9(3)24)15(27)22-12(7-23)16(28)20-10(18(30)31)4-5-13(25)26/h8-12,14,23-24H,4-7,19H2,1-3H3,(H,20,28)(H,21,29)(H,22,27)(H,25,26)(H,30,31). The number of hydrogen-bond donors (Lipinski definition) is 8. The van der Waals surface area contributed by atoms with Crippen molar-refractivity contribution >= 4 is 29.7 Å². The average Bonchev–Trinajstić information content (AvgIpc) is 2.66. The molecular weight excluding hydrogens is 416 g/mol. The SMILES string of the molecule is CC(C)CC(NC(=O)C(N)C(C)O)C(=O)NC(CO)C(=O)NC(CCC(=O)O)C(=O)O. The van der Waals surface area contributed by atoms with Gasteiger partial charge >= 0.3 is 11.9 Å². The Labute approximate surface area is 179 Å². The Morgan fingerprint density at radius 2 is 1.32 bits per heavy atom. The van der Waals surface area contributed by atoms with E-state index in [4.69, 9.17) is 15.9 Å². The Morgan fingerprint density at radius 3 is 1.74 bits per heavy atom. The molecule has 0 aromatic carbocycles. The predicted octanol–water partition coefficient (Wildman–Crippen LogP) is -2.86. The van der Waals surface area contributed by atoms with Gasteiger partial charge in [-0.1, -0.05) is 13.8 Å². The molecule has 0 bridgehead atoms. The fraction of sp³-hybridized carbons (Fsp3) is 0.722. The number of carbonyl (C=O) groups excluding carboxylic acids is 3. The van der Waals surface area contributed by atoms with E-state index in [-0.39, 0.29) is 12.3 Å². The first-order valence-electron chi connectivity index (χ1n) is 9.70. The van der Waals surface area contributed by atoms with Crippen molar-refractivity contribution in [1.82, 2.24) is 16.0 Å². The number of carbonyl (C=O) groups is 5. The van der Waals surface area contributed by atoms with Crippen molar-refractivity contribution in [3.63, 3.8) is 0 Å². The summed E-state index contributed by atoms with van der Waals surface area (Å²) in [5.41, 5.74) is 5.55. The van der Waals surface area contributed by atoms with Gasteiger partial charge in [-0.15, -0.1) is 0 Å². The highest BCUT2D eigenvalue weighted by molar-refractivity contribution is 5.94. The third kappa shape index (κ3) is 10.7. The number of aliphatic carboxylic acids is 2. The van der Waals surface area contributed by atoms with Gasteiger partial charge < -0.3 is 42.1 Å². The molecule has 13 heteroatoms. The van der Waals surface area contributed by atoms with Crippen molar-refractivity contribution in [3.8, 4) is 0 Å². The molecule has 0 aliphatic carbocycles. The molecule has 5 atom stereocenters. The molecule has 0 aliphatic rings. The zero-order chi connectivity index (χ0) is 24.3. The zero-order valence-electron chi connectivity index (χ0n) is 17.7. The van der Waals surface area contributed by atoms with Crippen LogP contribution < -0.4 is 21.7 Å². The van der Waals surface area contributed by atoms with Crippen LogP contribution in [0.1, 0.15) is 40.0 Å². The van der Waals surface area contributed by atoms with Gasteiger partial charge in [-0.25, -0.2) is 4.79 Å². The molecule has 0 saturated carbocycles. The molecule has 3 amide bonds. The Kier molecular flexibility index (Phi) is 12.3. The first-order chi connectivity index (χ1) is 14.3. The van der Waals surface area contributed by atoms with Crippen LogP contribution in [0.4, 0.5) is 0 Å². The normalized spacial score (nSPS) is 15.8. The number of amides is 3. The van der Waals surface area contributed by atoms with Crippen molar-refractivity contribution in [1.29, 1.82) is 0 Å². The van der Waals surface area contributed by atoms with Gasteiger partial charge in [0, 0.05) is 6.42 Å². The topological polar surface area (TPSA) is 228 Å². The fourth-order valence-corrected chi connectivity index (χ4v) is 2.45. The molecule has 5 unspecified atom stereocenters. The van der Waals surface area contributed by atoms with E-state index in [2.05, 4.69) is 16.0 Å². The van der Waals surface area contributed by atoms with Gasteiger partial charge in [-0.05, 0) is 25.7 Å². The number of aliphatic hydroxyl groups excluding tert-OH is 2. The molecule has 0 aromatic heterocycles. The van der Waals surface area contributed by atoms with Crippen molar-refractivity contribution < 1.29 is 44.4 Å². The van der Waals surface area contributed by atoms with Crippen LogP contribution in [0.25, 0.3) is 0 Å². The van der Waals surface area contributed by atoms with E-state index >= 15 is 0 Å². The largest absolute Gasteiger partial charge is 0.481 e. The molecule has 31 heavy (non-hydrogen) atoms. The highest BCUT2D eigenvalue weighted by atomic mass is 16.4. The second kappa shape index (κ2) is 13.5. The van der Waals surface area contributed by atoms with Crippen LogP contribution >= 0.6 is 0 Å². The van der Waals surface area contributed by atoms with Gasteiger partial charge in [0.25, 0.3) is 0 Å². The number of nitrogens with one attached hydrogen (secondary N) is 3. The second-order valence-corrected chi connectivity index (χ2v) is 7.53. The number of carboxylic acid groups (broad SMARTS) is 2. The number of rotatable bonds is 14. The first kappa shape index (κ1) is 28.2. The third-order valence-corrected chi connectivity index (χ3v) is 4.24. The minimum absolute atomic E-state index is 0.0624. The van der Waals surface area contributed by atoms with Crippen LogP contribution in [0.15, 0.2) is 0 Å². The lowest BCUT2D eigenvalue weighted by molar-refractivity contribution is -0.143. The lowest BCUT2D eigenvalue weighted by atomic mass is 10.0. The highest BCUT2D eigenvalue weighted by Crippen LogP contribution is 2.07. The summed E-state index contributed by atoms with van der Waals surface area (Å²) in [5.74, 6) is -5.45. The van der Waals surface area contributed by atoms with Crippen LogP contribution in [0.5, 0.6) is 0 Å². The smallest absolute Gasteiger partial charge is 0.326 e. The fourth-order valence-electron chi connectivity index (χ4n) is 2.45. The van der Waals surface area contributed by atoms with Crippen LogP contribution in [0.3, 0.4) is 0 Å². The van der Waals surface area contributed by atoms with Crippen molar-refractivity contribution in [2.24, 2.45) is 11.7 Å². The van der Waals surface area contributed by atoms with E-state index < -0.39 is 79.4 Å². The lowest BCUT2D eigenvalue weighted by Gasteiger charge is -2.25. The zero-order valence-corrected chi connectivity index (χ0v) is 17.7. The van der Waals surface area contributed by atoms with Gasteiger partial charge in [-0.3, -0.25) is 19.2 Å². The summed E-state index contributed by atoms with van der Waals surface area (Å²) in [7, 11) is 0. The number of carboxylic acids is 2. The Morgan fingerprint density at radius 1 is 0.839 bits per heavy atom. The second-order valence-electron chi connectivity index (χ2n) is 7.53. The first-order valence-corrected chi connectivity index (χ1v) is 9.70. The summed E-state index contributed by atoms with van der Waals surface area (Å²) >= 11 is 0. The molecule has 0 aliphatic heterocycles. The van der Waals surface area contributed by atoms with Crippen molar-refractivity contribution in [3.05, 3.63) is 0 Å². The molecule has 0 fully saturated rings. The van der Waals surface area contributed by atoms with E-state index in [1.807, 2.05) is 0 Å². The molecule has 0 heterocycles. The van der Waals surface area contributed by atoms with Gasteiger partial charge in [0.2, 0.25) is 17.7 Å². The summed E-state index contributed by atoms with van der Waals surface area (Å²) in [6.07, 6.45) is -1.93. The van der Waals surface area contributed by atoms with Gasteiger partial charge in [-0.2, -0.15) is 0 Å². The number of aliphatic hydroxyl groups is 2. The maximum absolute atomic E-state index is 12.6. The Balaban J connectivity index is 5.24. The molecule has 0 spiro atoms. The summed E-state index contributed by atoms with van der Waals surface area (Å²) in [6, 6.07) is -5.51. The Bertz CT molecular complexity index is 654. The molecule has 0 aromatic rings. The number of hydrogen-bond acceptors (Lipinski definition) is 8. The molecule has 0 saturated heterocycles. The van der Waals surface area contributed by atoms with Gasteiger partial charge in [0.05, 0.1) is 12.7 Å². The van der Waals surface area contributed by atoms with Crippen LogP contribution in [0.2, 0.25) is 0 Å². The maximum atomic E-state index is 12.6. The summed E-state index contributed by atoms with van der Waals surface area (Å²) in [5, 5.41) is 43.4. The maximum Gasteiger partial charge on any atom is 0.326 e. The number of nitrogens with two attached hydrogens (primary N) is 1. The van der Waals surface area contributed by atoms with Crippen LogP contribution in [0, 0.1) is 5.92 Å². The quantitative estimate of drug-likeness (QED) is 0.135. The molecule has 13 nitrogen and oxygen atoms in total. The predicted molar refractivity (Wildman–Crippen MR) is 106 cm³/mol. The summed E-state index contributed by atoms with van der Waals surface area (Å²) < 4.78 is 0. The lowest BCUT2D eigenvalue weighted by Crippen LogP contribution is -2.59. The minimum atomic E-state index is -1.55. The van der Waals surface area contributed by atoms with E-state index in [1.54, 1.807) is 13.8 Å². The van der Waals surface area contributed by atoms with Crippen molar-refractivity contribution in [2.45, 2.75) is 70.3 Å². The van der Waals surface area contributed by atoms with E-state index in [0.717, 1.165) is 0 Å². The summed E-state index contributed by atoms with van der Waals surface area (Å²) in [4.78, 5) is 58.8. The minimum Gasteiger partial charge on any atom is -0.481 e. The molecular formula is C18H32N4O9. The molecule has 178 valence electrons. The van der Waals surface area contributed by atoms with E-state index in [0.29, 0.717) is 0 Å². The van der Waals surface area contributed by atoms with Crippen LogP contribution in [-0.2, 0) is 24.0 Å². The van der Waals surface area contributed by atoms with E-state index in [1.165, 1.54) is 6.92 Å². The van der Waals surface area contributed by atoms with E-state index in [9.17, 15) is 34.2 Å². The Hall–Kier alpha value is -2.77. The third-order valence-electron chi connectivity index (χ3n) is 4.24. The molecule has 0 rings (SSSR count). The average molecular weight is 448 g/mol.